The zero-order chi connectivity index (χ0) is 14.5. The molecule has 0 aliphatic rings. The molecular weight excluding hydrogens is 240 g/mol. The Morgan fingerprint density at radius 2 is 1.74 bits per heavy atom. The topological polar surface area (TPSA) is 33.7 Å². The van der Waals surface area contributed by atoms with Gasteiger partial charge in [-0.05, 0) is 45.6 Å². The van der Waals surface area contributed by atoms with Gasteiger partial charge in [0, 0.05) is 18.6 Å². The number of ether oxygens (including phenoxy) is 2. The van der Waals surface area contributed by atoms with Crippen LogP contribution in [0.5, 0.6) is 11.5 Å². The van der Waals surface area contributed by atoms with Crippen LogP contribution in [-0.4, -0.2) is 45.3 Å². The van der Waals surface area contributed by atoms with E-state index in [0.29, 0.717) is 0 Å². The second-order valence-electron chi connectivity index (χ2n) is 5.50. The van der Waals surface area contributed by atoms with E-state index >= 15 is 0 Å². The van der Waals surface area contributed by atoms with Crippen molar-refractivity contribution in [1.29, 1.82) is 0 Å². The molecule has 1 rings (SSSR count). The maximum absolute atomic E-state index is 5.30. The van der Waals surface area contributed by atoms with Gasteiger partial charge in [-0.3, -0.25) is 0 Å². The highest BCUT2D eigenvalue weighted by Gasteiger charge is 2.19. The highest BCUT2D eigenvalue weighted by atomic mass is 16.5. The van der Waals surface area contributed by atoms with E-state index in [4.69, 9.17) is 9.47 Å². The van der Waals surface area contributed by atoms with Crippen LogP contribution in [0.25, 0.3) is 0 Å². The van der Waals surface area contributed by atoms with Gasteiger partial charge in [0.2, 0.25) is 0 Å². The fourth-order valence-corrected chi connectivity index (χ4v) is 1.66. The first kappa shape index (κ1) is 15.8. The minimum atomic E-state index is 0.135. The first-order chi connectivity index (χ1) is 8.90. The van der Waals surface area contributed by atoms with Gasteiger partial charge in [0.05, 0.1) is 14.2 Å². The van der Waals surface area contributed by atoms with Crippen LogP contribution in [0.3, 0.4) is 0 Å². The van der Waals surface area contributed by atoms with Crippen molar-refractivity contribution in [1.82, 2.24) is 10.2 Å². The molecule has 0 heterocycles. The number of methoxy groups -OCH3 is 2. The second-order valence-corrected chi connectivity index (χ2v) is 5.50. The molecular formula is C15H26N2O2. The van der Waals surface area contributed by atoms with Gasteiger partial charge in [0.25, 0.3) is 0 Å². The van der Waals surface area contributed by atoms with Crippen LogP contribution in [0.15, 0.2) is 18.2 Å². The van der Waals surface area contributed by atoms with E-state index in [1.807, 2.05) is 12.1 Å². The van der Waals surface area contributed by atoms with Crippen molar-refractivity contribution in [2.75, 3.05) is 34.9 Å². The Kier molecular flexibility index (Phi) is 5.63. The van der Waals surface area contributed by atoms with Gasteiger partial charge in [-0.2, -0.15) is 0 Å². The monoisotopic (exact) mass is 266 g/mol. The lowest BCUT2D eigenvalue weighted by Crippen LogP contribution is -2.46. The number of nitrogens with one attached hydrogen (secondary N) is 1. The maximum atomic E-state index is 5.30. The summed E-state index contributed by atoms with van der Waals surface area (Å²) in [5.74, 6) is 1.54. The van der Waals surface area contributed by atoms with E-state index < -0.39 is 0 Å². The average molecular weight is 266 g/mol. The predicted molar refractivity (Wildman–Crippen MR) is 79.0 cm³/mol. The van der Waals surface area contributed by atoms with Crippen molar-refractivity contribution in [3.05, 3.63) is 23.8 Å². The van der Waals surface area contributed by atoms with Gasteiger partial charge >= 0.3 is 0 Å². The first-order valence-corrected chi connectivity index (χ1v) is 6.50. The summed E-state index contributed by atoms with van der Waals surface area (Å²) in [6.07, 6.45) is 0. The third-order valence-corrected chi connectivity index (χ3v) is 3.55. The molecule has 1 aromatic carbocycles. The quantitative estimate of drug-likeness (QED) is 0.820. The van der Waals surface area contributed by atoms with Gasteiger partial charge in [-0.1, -0.05) is 6.07 Å². The fraction of sp³-hybridized carbons (Fsp3) is 0.600. The molecule has 108 valence electrons. The Balaban J connectivity index is 2.59. The summed E-state index contributed by atoms with van der Waals surface area (Å²) in [6.45, 7) is 6.18. The molecule has 1 aromatic rings. The molecule has 0 saturated carbocycles. The number of likely N-dealkylation sites (N-methyl/N-ethyl adjacent to an activating group) is 1. The Labute approximate surface area is 116 Å². The van der Waals surface area contributed by atoms with Crippen molar-refractivity contribution < 1.29 is 9.47 Å². The molecule has 0 amide bonds. The molecule has 4 nitrogen and oxygen atoms in total. The van der Waals surface area contributed by atoms with E-state index in [9.17, 15) is 0 Å². The summed E-state index contributed by atoms with van der Waals surface area (Å²) < 4.78 is 10.5. The van der Waals surface area contributed by atoms with Crippen molar-refractivity contribution >= 4 is 0 Å². The molecule has 0 bridgehead atoms. The van der Waals surface area contributed by atoms with E-state index in [-0.39, 0.29) is 5.54 Å². The highest BCUT2D eigenvalue weighted by Crippen LogP contribution is 2.27. The minimum Gasteiger partial charge on any atom is -0.493 e. The molecule has 0 fully saturated rings. The fourth-order valence-electron chi connectivity index (χ4n) is 1.66. The van der Waals surface area contributed by atoms with Crippen molar-refractivity contribution in [3.63, 3.8) is 0 Å². The normalized spacial score (nSPS) is 11.7. The van der Waals surface area contributed by atoms with Gasteiger partial charge in [-0.25, -0.2) is 0 Å². The summed E-state index contributed by atoms with van der Waals surface area (Å²) >= 11 is 0. The molecule has 19 heavy (non-hydrogen) atoms. The smallest absolute Gasteiger partial charge is 0.161 e. The van der Waals surface area contributed by atoms with Crippen molar-refractivity contribution in [3.8, 4) is 11.5 Å². The lowest BCUT2D eigenvalue weighted by molar-refractivity contribution is 0.189. The number of hydrogen-bond donors (Lipinski definition) is 1. The van der Waals surface area contributed by atoms with Crippen LogP contribution >= 0.6 is 0 Å². The van der Waals surface area contributed by atoms with Gasteiger partial charge in [-0.15, -0.1) is 0 Å². The number of rotatable bonds is 7. The Hall–Kier alpha value is -1.26. The molecule has 1 N–H and O–H groups in total. The van der Waals surface area contributed by atoms with Crippen molar-refractivity contribution in [2.24, 2.45) is 0 Å². The Morgan fingerprint density at radius 1 is 1.11 bits per heavy atom. The van der Waals surface area contributed by atoms with Gasteiger partial charge < -0.3 is 19.7 Å². The van der Waals surface area contributed by atoms with Gasteiger partial charge in [0.15, 0.2) is 11.5 Å². The molecule has 0 saturated heterocycles. The van der Waals surface area contributed by atoms with Crippen LogP contribution in [0, 0.1) is 0 Å². The lowest BCUT2D eigenvalue weighted by atomic mass is 10.0. The molecule has 0 atom stereocenters. The zero-order valence-corrected chi connectivity index (χ0v) is 12.9. The Bertz CT molecular complexity index is 403. The van der Waals surface area contributed by atoms with Crippen LogP contribution in [-0.2, 0) is 6.54 Å². The van der Waals surface area contributed by atoms with E-state index in [2.05, 4.69) is 44.2 Å². The summed E-state index contributed by atoms with van der Waals surface area (Å²) in [6, 6.07) is 6.00. The SMILES string of the molecule is COc1ccc(CNCC(C)(C)N(C)C)cc1OC. The Morgan fingerprint density at radius 3 is 2.26 bits per heavy atom. The predicted octanol–water partition coefficient (Wildman–Crippen LogP) is 2.13. The third kappa shape index (κ3) is 4.40. The van der Waals surface area contributed by atoms with Crippen LogP contribution in [0.4, 0.5) is 0 Å². The first-order valence-electron chi connectivity index (χ1n) is 6.50. The number of benzene rings is 1. The average Bonchev–Trinajstić information content (AvgIpc) is 2.38. The molecule has 0 spiro atoms. The van der Waals surface area contributed by atoms with Gasteiger partial charge in [0.1, 0.15) is 0 Å². The van der Waals surface area contributed by atoms with E-state index in [1.54, 1.807) is 14.2 Å². The highest BCUT2D eigenvalue weighted by molar-refractivity contribution is 5.42. The van der Waals surface area contributed by atoms with E-state index in [1.165, 1.54) is 5.56 Å². The van der Waals surface area contributed by atoms with E-state index in [0.717, 1.165) is 24.6 Å². The van der Waals surface area contributed by atoms with Crippen LogP contribution in [0.2, 0.25) is 0 Å². The molecule has 0 aliphatic carbocycles. The standard InChI is InChI=1S/C15H26N2O2/c1-15(2,17(3)4)11-16-10-12-7-8-13(18-5)14(9-12)19-6/h7-9,16H,10-11H2,1-6H3. The zero-order valence-electron chi connectivity index (χ0n) is 12.9. The van der Waals surface area contributed by atoms with Crippen LogP contribution in [0.1, 0.15) is 19.4 Å². The maximum Gasteiger partial charge on any atom is 0.161 e. The molecule has 4 heteroatoms. The summed E-state index contributed by atoms with van der Waals surface area (Å²) in [7, 11) is 7.50. The molecule has 0 radical (unpaired) electrons. The lowest BCUT2D eigenvalue weighted by Gasteiger charge is -2.32. The molecule has 0 aromatic heterocycles. The largest absolute Gasteiger partial charge is 0.493 e. The second kappa shape index (κ2) is 6.78. The summed E-state index contributed by atoms with van der Waals surface area (Å²) in [5.41, 5.74) is 1.32. The molecule has 0 unspecified atom stereocenters. The summed E-state index contributed by atoms with van der Waals surface area (Å²) in [5, 5.41) is 3.47. The number of hydrogen-bond acceptors (Lipinski definition) is 4. The van der Waals surface area contributed by atoms with Crippen LogP contribution < -0.4 is 14.8 Å². The summed E-state index contributed by atoms with van der Waals surface area (Å²) in [4.78, 5) is 2.22. The van der Waals surface area contributed by atoms with Crippen molar-refractivity contribution in [2.45, 2.75) is 25.9 Å². The number of nitrogens with zero attached hydrogens (tertiary/aromatic N) is 1. The minimum absolute atomic E-state index is 0.135. The molecule has 0 aliphatic heterocycles. The third-order valence-electron chi connectivity index (χ3n) is 3.55.